The Morgan fingerprint density at radius 3 is 2.27 bits per heavy atom. The number of nitrogens with one attached hydrogen (secondary N) is 1. The second-order valence-electron chi connectivity index (χ2n) is 5.84. The molecule has 1 aliphatic heterocycles. The number of piperazine rings is 1. The zero-order valence-corrected chi connectivity index (χ0v) is 15.6. The van der Waals surface area contributed by atoms with Crippen LogP contribution >= 0.6 is 23.2 Å². The molecule has 0 spiro atoms. The van der Waals surface area contributed by atoms with Crippen molar-refractivity contribution in [2.45, 2.75) is 6.92 Å². The Bertz CT molecular complexity index is 820. The van der Waals surface area contributed by atoms with Gasteiger partial charge in [-0.25, -0.2) is 9.97 Å². The van der Waals surface area contributed by atoms with Crippen molar-refractivity contribution in [3.8, 4) is 0 Å². The van der Waals surface area contributed by atoms with Gasteiger partial charge in [0.2, 0.25) is 11.9 Å². The quantitative estimate of drug-likeness (QED) is 0.866. The van der Waals surface area contributed by atoms with Gasteiger partial charge in [0.25, 0.3) is 5.91 Å². The highest BCUT2D eigenvalue weighted by atomic mass is 35.5. The van der Waals surface area contributed by atoms with Gasteiger partial charge in [-0.15, -0.1) is 0 Å². The van der Waals surface area contributed by atoms with Crippen LogP contribution in [0.1, 0.15) is 17.3 Å². The molecule has 1 aliphatic rings. The van der Waals surface area contributed by atoms with Gasteiger partial charge in [0, 0.05) is 50.5 Å². The van der Waals surface area contributed by atoms with Crippen molar-refractivity contribution in [3.63, 3.8) is 0 Å². The molecule has 1 N–H and O–H groups in total. The van der Waals surface area contributed by atoms with Gasteiger partial charge < -0.3 is 15.1 Å². The van der Waals surface area contributed by atoms with Crippen molar-refractivity contribution in [2.75, 3.05) is 31.5 Å². The molecule has 3 rings (SSSR count). The van der Waals surface area contributed by atoms with Crippen LogP contribution in [0.3, 0.4) is 0 Å². The molecule has 0 unspecified atom stereocenters. The molecule has 0 saturated carbocycles. The second-order valence-corrected chi connectivity index (χ2v) is 6.69. The average Bonchev–Trinajstić information content (AvgIpc) is 2.65. The van der Waals surface area contributed by atoms with Crippen LogP contribution in [0.5, 0.6) is 0 Å². The number of nitrogens with zero attached hydrogens (tertiary/aromatic N) is 4. The second kappa shape index (κ2) is 7.88. The molecule has 1 aromatic heterocycles. The highest BCUT2D eigenvalue weighted by Crippen LogP contribution is 2.27. The number of anilines is 2. The summed E-state index contributed by atoms with van der Waals surface area (Å²) in [6, 6.07) is 5.02. The summed E-state index contributed by atoms with van der Waals surface area (Å²) in [5, 5.41) is 3.99. The van der Waals surface area contributed by atoms with Crippen LogP contribution in [-0.2, 0) is 4.79 Å². The zero-order chi connectivity index (χ0) is 18.7. The Hall–Kier alpha value is -2.38. The Morgan fingerprint density at radius 1 is 1.04 bits per heavy atom. The molecule has 0 aliphatic carbocycles. The number of benzene rings is 1. The summed E-state index contributed by atoms with van der Waals surface area (Å²) in [4.78, 5) is 35.6. The smallest absolute Gasteiger partial charge is 0.257 e. The average molecular weight is 394 g/mol. The largest absolute Gasteiger partial charge is 0.339 e. The fourth-order valence-corrected chi connectivity index (χ4v) is 2.96. The molecule has 26 heavy (non-hydrogen) atoms. The molecule has 1 aromatic carbocycles. The number of rotatable bonds is 3. The number of amides is 2. The highest BCUT2D eigenvalue weighted by molar-refractivity contribution is 6.35. The maximum absolute atomic E-state index is 12.5. The summed E-state index contributed by atoms with van der Waals surface area (Å²) < 4.78 is 0. The number of carbonyl (C=O) groups excluding carboxylic acids is 2. The summed E-state index contributed by atoms with van der Waals surface area (Å²) in [6.45, 7) is 3.60. The fourth-order valence-electron chi connectivity index (χ4n) is 2.62. The Balaban J connectivity index is 1.65. The first kappa shape index (κ1) is 18.4. The summed E-state index contributed by atoms with van der Waals surface area (Å²) in [5.41, 5.74) is 0.975. The number of halogens is 2. The molecule has 1 fully saturated rings. The maximum atomic E-state index is 12.5. The third-order valence-electron chi connectivity index (χ3n) is 4.09. The van der Waals surface area contributed by atoms with E-state index in [4.69, 9.17) is 23.2 Å². The summed E-state index contributed by atoms with van der Waals surface area (Å²) >= 11 is 12.0. The molecular formula is C17H17Cl2N5O2. The fraction of sp³-hybridized carbons (Fsp3) is 0.294. The van der Waals surface area contributed by atoms with E-state index in [0.29, 0.717) is 53.4 Å². The standard InChI is InChI=1S/C17H17Cl2N5O2/c1-11(25)23-4-6-24(7-5-23)16(26)12-9-20-17(21-10-12)22-15-8-13(18)2-3-14(15)19/h2-3,8-10H,4-7H2,1H3,(H,20,21,22). The lowest BCUT2D eigenvalue weighted by Gasteiger charge is -2.34. The number of hydrogen-bond acceptors (Lipinski definition) is 5. The van der Waals surface area contributed by atoms with Gasteiger partial charge in [-0.2, -0.15) is 0 Å². The van der Waals surface area contributed by atoms with Crippen molar-refractivity contribution in [2.24, 2.45) is 0 Å². The van der Waals surface area contributed by atoms with E-state index in [1.54, 1.807) is 28.0 Å². The molecule has 2 heterocycles. The lowest BCUT2D eigenvalue weighted by molar-refractivity contribution is -0.130. The van der Waals surface area contributed by atoms with Gasteiger partial charge in [-0.1, -0.05) is 23.2 Å². The van der Waals surface area contributed by atoms with Crippen LogP contribution in [0.4, 0.5) is 11.6 Å². The van der Waals surface area contributed by atoms with E-state index in [1.165, 1.54) is 19.3 Å². The van der Waals surface area contributed by atoms with E-state index in [2.05, 4.69) is 15.3 Å². The lowest BCUT2D eigenvalue weighted by atomic mass is 10.2. The van der Waals surface area contributed by atoms with E-state index >= 15 is 0 Å². The van der Waals surface area contributed by atoms with Crippen molar-refractivity contribution < 1.29 is 9.59 Å². The minimum atomic E-state index is -0.152. The van der Waals surface area contributed by atoms with E-state index in [9.17, 15) is 9.59 Å². The Labute approximate surface area is 160 Å². The van der Waals surface area contributed by atoms with Gasteiger partial charge >= 0.3 is 0 Å². The van der Waals surface area contributed by atoms with Gasteiger partial charge in [0.05, 0.1) is 16.3 Å². The first-order valence-electron chi connectivity index (χ1n) is 8.03. The monoisotopic (exact) mass is 393 g/mol. The molecule has 0 atom stereocenters. The van der Waals surface area contributed by atoms with Crippen molar-refractivity contribution in [1.29, 1.82) is 0 Å². The van der Waals surface area contributed by atoms with Crippen LogP contribution < -0.4 is 5.32 Å². The SMILES string of the molecule is CC(=O)N1CCN(C(=O)c2cnc(Nc3cc(Cl)ccc3Cl)nc2)CC1. The first-order valence-corrected chi connectivity index (χ1v) is 8.78. The summed E-state index contributed by atoms with van der Waals surface area (Å²) in [6.07, 6.45) is 2.93. The normalized spacial score (nSPS) is 14.3. The molecule has 136 valence electrons. The van der Waals surface area contributed by atoms with E-state index in [0.717, 1.165) is 0 Å². The molecular weight excluding hydrogens is 377 g/mol. The van der Waals surface area contributed by atoms with Gasteiger partial charge in [-0.05, 0) is 18.2 Å². The topological polar surface area (TPSA) is 78.4 Å². The van der Waals surface area contributed by atoms with Crippen molar-refractivity contribution in [1.82, 2.24) is 19.8 Å². The number of hydrogen-bond donors (Lipinski definition) is 1. The van der Waals surface area contributed by atoms with Crippen molar-refractivity contribution in [3.05, 3.63) is 46.2 Å². The molecule has 7 nitrogen and oxygen atoms in total. The molecule has 2 amide bonds. The maximum Gasteiger partial charge on any atom is 0.257 e. The molecule has 1 saturated heterocycles. The zero-order valence-electron chi connectivity index (χ0n) is 14.1. The predicted octanol–water partition coefficient (Wildman–Crippen LogP) is 2.83. The van der Waals surface area contributed by atoms with Crippen molar-refractivity contribution >= 4 is 46.7 Å². The predicted molar refractivity (Wildman–Crippen MR) is 99.9 cm³/mol. The molecule has 2 aromatic rings. The van der Waals surface area contributed by atoms with E-state index in [1.807, 2.05) is 0 Å². The minimum absolute atomic E-state index is 0.0236. The Kier molecular flexibility index (Phi) is 5.58. The Morgan fingerprint density at radius 2 is 1.65 bits per heavy atom. The highest BCUT2D eigenvalue weighted by Gasteiger charge is 2.23. The minimum Gasteiger partial charge on any atom is -0.339 e. The third-order valence-corrected chi connectivity index (χ3v) is 4.65. The molecule has 0 bridgehead atoms. The number of aromatic nitrogens is 2. The van der Waals surface area contributed by atoms with Crippen LogP contribution in [0.2, 0.25) is 10.0 Å². The van der Waals surface area contributed by atoms with Crippen LogP contribution in [0, 0.1) is 0 Å². The molecule has 0 radical (unpaired) electrons. The van der Waals surface area contributed by atoms with E-state index in [-0.39, 0.29) is 11.8 Å². The first-order chi connectivity index (χ1) is 12.4. The van der Waals surface area contributed by atoms with E-state index < -0.39 is 0 Å². The third kappa shape index (κ3) is 4.23. The lowest BCUT2D eigenvalue weighted by Crippen LogP contribution is -2.50. The van der Waals surface area contributed by atoms with Gasteiger partial charge in [0.15, 0.2) is 0 Å². The van der Waals surface area contributed by atoms with Crippen LogP contribution in [-0.4, -0.2) is 57.8 Å². The van der Waals surface area contributed by atoms with Crippen LogP contribution in [0.15, 0.2) is 30.6 Å². The van der Waals surface area contributed by atoms with Gasteiger partial charge in [0.1, 0.15) is 0 Å². The summed E-state index contributed by atoms with van der Waals surface area (Å²) in [5.74, 6) is 0.184. The van der Waals surface area contributed by atoms with Crippen LogP contribution in [0.25, 0.3) is 0 Å². The number of carbonyl (C=O) groups is 2. The van der Waals surface area contributed by atoms with Gasteiger partial charge in [-0.3, -0.25) is 9.59 Å². The summed E-state index contributed by atoms with van der Waals surface area (Å²) in [7, 11) is 0. The molecule has 9 heteroatoms.